The molecule has 0 aromatic carbocycles. The second-order valence-corrected chi connectivity index (χ2v) is 9.25. The molecule has 0 radical (unpaired) electrons. The summed E-state index contributed by atoms with van der Waals surface area (Å²) in [4.78, 5) is 36.1. The zero-order valence-corrected chi connectivity index (χ0v) is 21.3. The van der Waals surface area contributed by atoms with E-state index in [2.05, 4.69) is 37.2 Å². The van der Waals surface area contributed by atoms with Crippen LogP contribution in [0.4, 0.5) is 0 Å². The first-order chi connectivity index (χ1) is 16.8. The van der Waals surface area contributed by atoms with Crippen molar-refractivity contribution in [3.8, 4) is 0 Å². The van der Waals surface area contributed by atoms with Crippen LogP contribution in [-0.2, 0) is 14.4 Å². The SMILES string of the molecule is CC(=O)NC1(CN)CNCCNCC(CN)(NC(=O)CCCC(=O)NCCCN)CNCCNC1. The van der Waals surface area contributed by atoms with Gasteiger partial charge in [-0.05, 0) is 19.4 Å². The highest BCUT2D eigenvalue weighted by atomic mass is 16.2. The molecule has 1 fully saturated rings. The molecule has 0 unspecified atom stereocenters. The molecule has 0 aromatic heterocycles. The molecule has 1 rings (SSSR count). The van der Waals surface area contributed by atoms with E-state index in [1.165, 1.54) is 6.92 Å². The summed E-state index contributed by atoms with van der Waals surface area (Å²) in [6.07, 6.45) is 1.75. The summed E-state index contributed by atoms with van der Waals surface area (Å²) in [7, 11) is 0. The van der Waals surface area contributed by atoms with E-state index < -0.39 is 11.1 Å². The summed E-state index contributed by atoms with van der Waals surface area (Å²) < 4.78 is 0. The second-order valence-electron chi connectivity index (χ2n) is 9.25. The van der Waals surface area contributed by atoms with E-state index in [1.54, 1.807) is 0 Å². The molecule has 13 N–H and O–H groups in total. The number of rotatable bonds is 11. The molecule has 0 aliphatic carbocycles. The number of carbonyl (C=O) groups excluding carboxylic acids is 3. The van der Waals surface area contributed by atoms with Gasteiger partial charge in [0.2, 0.25) is 17.7 Å². The highest BCUT2D eigenvalue weighted by Crippen LogP contribution is 2.05. The van der Waals surface area contributed by atoms with Gasteiger partial charge in [0.15, 0.2) is 0 Å². The van der Waals surface area contributed by atoms with Gasteiger partial charge in [0.25, 0.3) is 0 Å². The van der Waals surface area contributed by atoms with Crippen molar-refractivity contribution in [3.05, 3.63) is 0 Å². The topological polar surface area (TPSA) is 213 Å². The van der Waals surface area contributed by atoms with Crippen molar-refractivity contribution in [2.24, 2.45) is 17.2 Å². The minimum absolute atomic E-state index is 0.0710. The lowest BCUT2D eigenvalue weighted by atomic mass is 9.98. The molecule has 1 aliphatic rings. The molecule has 204 valence electrons. The van der Waals surface area contributed by atoms with E-state index in [4.69, 9.17) is 17.2 Å². The van der Waals surface area contributed by atoms with E-state index in [0.717, 1.165) is 6.42 Å². The molecule has 1 saturated heterocycles. The lowest BCUT2D eigenvalue weighted by Crippen LogP contribution is -2.66. The Kier molecular flexibility index (Phi) is 15.6. The van der Waals surface area contributed by atoms with Crippen LogP contribution >= 0.6 is 0 Å². The normalized spacial score (nSPS) is 24.7. The standard InChI is InChI=1S/C22H48N10O3/c1-18(33)31-21(12-24)14-26-8-10-28-16-22(13-25,17-29-11-9-27-15-21)32-20(35)5-2-4-19(34)30-7-3-6-23/h26-29H,2-17,23-25H2,1H3,(H,30,34)(H,31,33)(H,32,35). The maximum absolute atomic E-state index is 12.6. The highest BCUT2D eigenvalue weighted by Gasteiger charge is 2.31. The second kappa shape index (κ2) is 17.5. The van der Waals surface area contributed by atoms with Crippen LogP contribution in [0.25, 0.3) is 0 Å². The van der Waals surface area contributed by atoms with Gasteiger partial charge < -0.3 is 54.4 Å². The summed E-state index contributed by atoms with van der Waals surface area (Å²) >= 11 is 0. The molecule has 13 heteroatoms. The molecule has 0 atom stereocenters. The first-order valence-corrected chi connectivity index (χ1v) is 12.6. The van der Waals surface area contributed by atoms with Gasteiger partial charge >= 0.3 is 0 Å². The fraction of sp³-hybridized carbons (Fsp3) is 0.864. The average molecular weight is 501 g/mol. The monoisotopic (exact) mass is 500 g/mol. The van der Waals surface area contributed by atoms with Crippen LogP contribution in [0, 0.1) is 0 Å². The Labute approximate surface area is 209 Å². The van der Waals surface area contributed by atoms with Crippen molar-refractivity contribution >= 4 is 17.7 Å². The van der Waals surface area contributed by atoms with E-state index in [1.807, 2.05) is 0 Å². The maximum atomic E-state index is 12.6. The summed E-state index contributed by atoms with van der Waals surface area (Å²) in [6, 6.07) is 0. The zero-order chi connectivity index (χ0) is 26.0. The molecule has 3 amide bonds. The molecule has 1 heterocycles. The Bertz CT molecular complexity index is 619. The van der Waals surface area contributed by atoms with E-state index >= 15 is 0 Å². The molecule has 0 saturated carbocycles. The molecular weight excluding hydrogens is 452 g/mol. The van der Waals surface area contributed by atoms with Gasteiger partial charge in [-0.3, -0.25) is 14.4 Å². The van der Waals surface area contributed by atoms with Gasteiger partial charge in [-0.2, -0.15) is 0 Å². The van der Waals surface area contributed by atoms with Gasteiger partial charge in [-0.15, -0.1) is 0 Å². The van der Waals surface area contributed by atoms with Gasteiger partial charge in [-0.25, -0.2) is 0 Å². The van der Waals surface area contributed by atoms with E-state index in [0.29, 0.717) is 84.8 Å². The van der Waals surface area contributed by atoms with Crippen molar-refractivity contribution < 1.29 is 14.4 Å². The van der Waals surface area contributed by atoms with Crippen LogP contribution < -0.4 is 54.4 Å². The molecule has 0 bridgehead atoms. The molecule has 0 aromatic rings. The van der Waals surface area contributed by atoms with E-state index in [-0.39, 0.29) is 30.7 Å². The predicted octanol–water partition coefficient (Wildman–Crippen LogP) is -4.36. The molecule has 1 aliphatic heterocycles. The molecule has 13 nitrogen and oxygen atoms in total. The average Bonchev–Trinajstić information content (AvgIpc) is 2.82. The van der Waals surface area contributed by atoms with Crippen molar-refractivity contribution in [2.75, 3.05) is 78.5 Å². The first kappa shape index (κ1) is 31.2. The van der Waals surface area contributed by atoms with Crippen molar-refractivity contribution in [2.45, 2.75) is 43.7 Å². The van der Waals surface area contributed by atoms with Crippen molar-refractivity contribution in [1.29, 1.82) is 0 Å². The number of carbonyl (C=O) groups is 3. The quantitative estimate of drug-likeness (QED) is 0.123. The Morgan fingerprint density at radius 1 is 0.714 bits per heavy atom. The predicted molar refractivity (Wildman–Crippen MR) is 138 cm³/mol. The molecule has 35 heavy (non-hydrogen) atoms. The summed E-state index contributed by atoms with van der Waals surface area (Å²) in [5.41, 5.74) is 16.3. The van der Waals surface area contributed by atoms with Gasteiger partial charge in [0.1, 0.15) is 0 Å². The van der Waals surface area contributed by atoms with Crippen molar-refractivity contribution in [1.82, 2.24) is 37.2 Å². The van der Waals surface area contributed by atoms with Gasteiger partial charge in [-0.1, -0.05) is 0 Å². The number of nitrogens with one attached hydrogen (secondary N) is 7. The third-order valence-electron chi connectivity index (χ3n) is 5.95. The third-order valence-corrected chi connectivity index (χ3v) is 5.95. The third kappa shape index (κ3) is 13.1. The van der Waals surface area contributed by atoms with Crippen LogP contribution in [0.5, 0.6) is 0 Å². The largest absolute Gasteiger partial charge is 0.356 e. The minimum Gasteiger partial charge on any atom is -0.356 e. The summed E-state index contributed by atoms with van der Waals surface area (Å²) in [5, 5.41) is 22.3. The van der Waals surface area contributed by atoms with Crippen LogP contribution in [-0.4, -0.2) is 107 Å². The van der Waals surface area contributed by atoms with E-state index in [9.17, 15) is 14.4 Å². The number of amides is 3. The van der Waals surface area contributed by atoms with Crippen LogP contribution in [0.3, 0.4) is 0 Å². The first-order valence-electron chi connectivity index (χ1n) is 12.6. The zero-order valence-electron chi connectivity index (χ0n) is 21.3. The lowest BCUT2D eigenvalue weighted by molar-refractivity contribution is -0.124. The number of hydrogen-bond donors (Lipinski definition) is 10. The lowest BCUT2D eigenvalue weighted by Gasteiger charge is -2.36. The van der Waals surface area contributed by atoms with Crippen LogP contribution in [0.2, 0.25) is 0 Å². The summed E-state index contributed by atoms with van der Waals surface area (Å²) in [6.45, 7) is 7.80. The van der Waals surface area contributed by atoms with Gasteiger partial charge in [0.05, 0.1) is 11.1 Å². The minimum atomic E-state index is -0.651. The fourth-order valence-corrected chi connectivity index (χ4v) is 3.92. The Morgan fingerprint density at radius 3 is 1.60 bits per heavy atom. The highest BCUT2D eigenvalue weighted by molar-refractivity contribution is 5.79. The molecule has 0 spiro atoms. The number of nitrogens with two attached hydrogens (primary N) is 3. The Morgan fingerprint density at radius 2 is 1.17 bits per heavy atom. The fourth-order valence-electron chi connectivity index (χ4n) is 3.92. The summed E-state index contributed by atoms with van der Waals surface area (Å²) in [5.74, 6) is -0.320. The maximum Gasteiger partial charge on any atom is 0.220 e. The van der Waals surface area contributed by atoms with Gasteiger partial charge in [0, 0.05) is 91.8 Å². The van der Waals surface area contributed by atoms with Crippen molar-refractivity contribution in [3.63, 3.8) is 0 Å². The van der Waals surface area contributed by atoms with Crippen LogP contribution in [0.1, 0.15) is 32.6 Å². The Hall–Kier alpha value is -1.87. The number of hydrogen-bond acceptors (Lipinski definition) is 10. The Balaban J connectivity index is 2.59. The molecular formula is C22H48N10O3. The smallest absolute Gasteiger partial charge is 0.220 e. The van der Waals surface area contributed by atoms with Crippen LogP contribution in [0.15, 0.2) is 0 Å².